The lowest BCUT2D eigenvalue weighted by atomic mass is 9.87. The van der Waals surface area contributed by atoms with E-state index in [0.29, 0.717) is 17.2 Å². The molecule has 6 heteroatoms. The topological polar surface area (TPSA) is 55.2 Å². The number of aromatic amines is 1. The Hall–Kier alpha value is -2.73. The van der Waals surface area contributed by atoms with Crippen molar-refractivity contribution in [2.75, 3.05) is 0 Å². The van der Waals surface area contributed by atoms with Crippen LogP contribution in [0.2, 0.25) is 0 Å². The van der Waals surface area contributed by atoms with E-state index in [-0.39, 0.29) is 5.41 Å². The van der Waals surface area contributed by atoms with E-state index in [0.717, 1.165) is 16.9 Å². The van der Waals surface area contributed by atoms with Gasteiger partial charge < -0.3 is 4.74 Å². The molecule has 0 aliphatic carbocycles. The van der Waals surface area contributed by atoms with Gasteiger partial charge in [0.2, 0.25) is 4.77 Å². The highest BCUT2D eigenvalue weighted by atomic mass is 32.1. The zero-order valence-electron chi connectivity index (χ0n) is 16.1. The maximum Gasteiger partial charge on any atom is 0.216 e. The molecule has 0 saturated carbocycles. The van der Waals surface area contributed by atoms with Gasteiger partial charge in [0.05, 0.1) is 6.21 Å². The van der Waals surface area contributed by atoms with Gasteiger partial charge in [0.25, 0.3) is 0 Å². The van der Waals surface area contributed by atoms with E-state index in [2.05, 4.69) is 60.3 Å². The third-order valence-electron chi connectivity index (χ3n) is 4.24. The SMILES string of the molecule is Cc1n[nH]c(=S)n1/N=C/c1ccc(OCc2ccc(C(C)(C)C)cc2)cc1. The van der Waals surface area contributed by atoms with E-state index >= 15 is 0 Å². The number of H-pyrrole nitrogens is 1. The number of nitrogens with one attached hydrogen (secondary N) is 1. The zero-order valence-corrected chi connectivity index (χ0v) is 16.9. The Labute approximate surface area is 164 Å². The molecule has 1 aromatic heterocycles. The fourth-order valence-corrected chi connectivity index (χ4v) is 2.77. The van der Waals surface area contributed by atoms with Crippen LogP contribution in [0, 0.1) is 11.7 Å². The Morgan fingerprint density at radius 1 is 1.11 bits per heavy atom. The van der Waals surface area contributed by atoms with Crippen molar-refractivity contribution in [2.24, 2.45) is 5.10 Å². The number of aromatic nitrogens is 3. The fourth-order valence-electron chi connectivity index (χ4n) is 2.55. The smallest absolute Gasteiger partial charge is 0.216 e. The van der Waals surface area contributed by atoms with Crippen molar-refractivity contribution < 1.29 is 4.74 Å². The number of benzene rings is 2. The van der Waals surface area contributed by atoms with Gasteiger partial charge in [0.15, 0.2) is 0 Å². The minimum Gasteiger partial charge on any atom is -0.489 e. The molecule has 0 radical (unpaired) electrons. The molecule has 5 nitrogen and oxygen atoms in total. The van der Waals surface area contributed by atoms with Gasteiger partial charge in [-0.2, -0.15) is 14.9 Å². The molecule has 0 bridgehead atoms. The van der Waals surface area contributed by atoms with E-state index in [4.69, 9.17) is 17.0 Å². The van der Waals surface area contributed by atoms with E-state index in [9.17, 15) is 0 Å². The zero-order chi connectivity index (χ0) is 19.4. The van der Waals surface area contributed by atoms with Gasteiger partial charge in [-0.3, -0.25) is 5.10 Å². The summed E-state index contributed by atoms with van der Waals surface area (Å²) in [7, 11) is 0. The first-order valence-corrected chi connectivity index (χ1v) is 9.24. The lowest BCUT2D eigenvalue weighted by molar-refractivity contribution is 0.306. The number of nitrogens with zero attached hydrogens (tertiary/aromatic N) is 3. The molecule has 0 amide bonds. The van der Waals surface area contributed by atoms with Crippen molar-refractivity contribution in [2.45, 2.75) is 39.7 Å². The second kappa shape index (κ2) is 7.88. The number of ether oxygens (including phenoxy) is 1. The Morgan fingerprint density at radius 3 is 2.33 bits per heavy atom. The highest BCUT2D eigenvalue weighted by Crippen LogP contribution is 2.22. The number of hydrogen-bond donors (Lipinski definition) is 1. The summed E-state index contributed by atoms with van der Waals surface area (Å²) >= 11 is 5.13. The van der Waals surface area contributed by atoms with E-state index in [1.165, 1.54) is 5.56 Å². The average Bonchev–Trinajstić information content (AvgIpc) is 2.97. The van der Waals surface area contributed by atoms with Gasteiger partial charge in [-0.25, -0.2) is 0 Å². The first kappa shape index (κ1) is 19.0. The van der Waals surface area contributed by atoms with Crippen LogP contribution in [-0.4, -0.2) is 21.1 Å². The van der Waals surface area contributed by atoms with Gasteiger partial charge >= 0.3 is 0 Å². The van der Waals surface area contributed by atoms with Gasteiger partial charge in [0.1, 0.15) is 18.2 Å². The molecule has 140 valence electrons. The Kier molecular flexibility index (Phi) is 5.56. The van der Waals surface area contributed by atoms with Gasteiger partial charge in [-0.15, -0.1) is 0 Å². The predicted octanol–water partition coefficient (Wildman–Crippen LogP) is 5.01. The Morgan fingerprint density at radius 2 is 1.78 bits per heavy atom. The molecule has 1 N–H and O–H groups in total. The standard InChI is InChI=1S/C21H24N4OS/c1-15-23-24-20(27)25(15)22-13-16-7-11-19(12-8-16)26-14-17-5-9-18(10-6-17)21(2,3)4/h5-13H,14H2,1-4H3,(H,24,27)/b22-13+. The minimum absolute atomic E-state index is 0.163. The van der Waals surface area contributed by atoms with E-state index in [1.807, 2.05) is 31.2 Å². The Bertz CT molecular complexity index is 977. The highest BCUT2D eigenvalue weighted by Gasteiger charge is 2.12. The van der Waals surface area contributed by atoms with Crippen molar-refractivity contribution in [3.8, 4) is 5.75 Å². The van der Waals surface area contributed by atoms with Crippen LogP contribution in [0.25, 0.3) is 0 Å². The fraction of sp³-hybridized carbons (Fsp3) is 0.286. The maximum atomic E-state index is 5.88. The van der Waals surface area contributed by atoms with Crippen LogP contribution in [0.15, 0.2) is 53.6 Å². The molecule has 3 rings (SSSR count). The molecule has 0 unspecified atom stereocenters. The summed E-state index contributed by atoms with van der Waals surface area (Å²) in [6, 6.07) is 16.4. The van der Waals surface area contributed by atoms with Crippen LogP contribution in [-0.2, 0) is 12.0 Å². The molecule has 0 saturated heterocycles. The molecular weight excluding hydrogens is 356 g/mol. The molecule has 0 spiro atoms. The average molecular weight is 381 g/mol. The lowest BCUT2D eigenvalue weighted by Gasteiger charge is -2.19. The van der Waals surface area contributed by atoms with Gasteiger partial charge in [-0.1, -0.05) is 45.0 Å². The summed E-state index contributed by atoms with van der Waals surface area (Å²) in [5, 5.41) is 11.1. The van der Waals surface area contributed by atoms with Crippen LogP contribution in [0.1, 0.15) is 43.3 Å². The van der Waals surface area contributed by atoms with E-state index in [1.54, 1.807) is 10.9 Å². The largest absolute Gasteiger partial charge is 0.489 e. The lowest BCUT2D eigenvalue weighted by Crippen LogP contribution is -2.10. The van der Waals surface area contributed by atoms with Crippen LogP contribution < -0.4 is 4.74 Å². The first-order valence-electron chi connectivity index (χ1n) is 8.83. The number of aryl methyl sites for hydroxylation is 1. The van der Waals surface area contributed by atoms with Crippen molar-refractivity contribution in [1.82, 2.24) is 14.9 Å². The normalized spacial score (nSPS) is 11.9. The molecule has 0 fully saturated rings. The molecule has 0 aliphatic heterocycles. The second-order valence-electron chi connectivity index (χ2n) is 7.44. The summed E-state index contributed by atoms with van der Waals surface area (Å²) in [6.45, 7) is 9.03. The molecule has 1 heterocycles. The number of rotatable bonds is 5. The summed E-state index contributed by atoms with van der Waals surface area (Å²) < 4.78 is 7.94. The van der Waals surface area contributed by atoms with Crippen LogP contribution >= 0.6 is 12.2 Å². The quantitative estimate of drug-likeness (QED) is 0.500. The summed E-state index contributed by atoms with van der Waals surface area (Å²) in [4.78, 5) is 0. The molecule has 0 atom stereocenters. The maximum absolute atomic E-state index is 5.88. The second-order valence-corrected chi connectivity index (χ2v) is 7.82. The molecule has 2 aromatic carbocycles. The molecule has 0 aliphatic rings. The van der Waals surface area contributed by atoms with Crippen molar-refractivity contribution in [3.63, 3.8) is 0 Å². The van der Waals surface area contributed by atoms with Gasteiger partial charge in [-0.05, 0) is 65.5 Å². The van der Waals surface area contributed by atoms with Gasteiger partial charge in [0, 0.05) is 0 Å². The van der Waals surface area contributed by atoms with Crippen LogP contribution in [0.3, 0.4) is 0 Å². The van der Waals surface area contributed by atoms with Crippen LogP contribution in [0.4, 0.5) is 0 Å². The third-order valence-corrected chi connectivity index (χ3v) is 4.50. The van der Waals surface area contributed by atoms with Crippen molar-refractivity contribution in [3.05, 3.63) is 75.8 Å². The number of hydrogen-bond acceptors (Lipinski definition) is 4. The molecule has 3 aromatic rings. The monoisotopic (exact) mass is 380 g/mol. The molecule has 27 heavy (non-hydrogen) atoms. The summed E-state index contributed by atoms with van der Waals surface area (Å²) in [6.07, 6.45) is 1.74. The van der Waals surface area contributed by atoms with Crippen molar-refractivity contribution >= 4 is 18.4 Å². The van der Waals surface area contributed by atoms with Crippen molar-refractivity contribution in [1.29, 1.82) is 0 Å². The first-order chi connectivity index (χ1) is 12.8. The molecular formula is C21H24N4OS. The summed E-state index contributed by atoms with van der Waals surface area (Å²) in [5.74, 6) is 1.54. The van der Waals surface area contributed by atoms with E-state index < -0.39 is 0 Å². The Balaban J connectivity index is 1.60. The summed E-state index contributed by atoms with van der Waals surface area (Å²) in [5.41, 5.74) is 3.59. The predicted molar refractivity (Wildman–Crippen MR) is 111 cm³/mol. The highest BCUT2D eigenvalue weighted by molar-refractivity contribution is 7.71. The minimum atomic E-state index is 0.163. The van der Waals surface area contributed by atoms with Crippen LogP contribution in [0.5, 0.6) is 5.75 Å². The third kappa shape index (κ3) is 4.92.